The largest absolute Gasteiger partial charge is 0.506 e. The smallest absolute Gasteiger partial charge is 0.137 e. The van der Waals surface area contributed by atoms with Gasteiger partial charge >= 0.3 is 0 Å². The van der Waals surface area contributed by atoms with Gasteiger partial charge in [0.15, 0.2) is 0 Å². The van der Waals surface area contributed by atoms with Crippen molar-refractivity contribution in [2.24, 2.45) is 5.73 Å². The van der Waals surface area contributed by atoms with Gasteiger partial charge in [-0.05, 0) is 55.9 Å². The predicted octanol–water partition coefficient (Wildman–Crippen LogP) is 4.09. The van der Waals surface area contributed by atoms with Crippen LogP contribution in [0.15, 0.2) is 0 Å². The average Bonchev–Trinajstić information content (AvgIpc) is 2.35. The zero-order valence-corrected chi connectivity index (χ0v) is 12.2. The van der Waals surface area contributed by atoms with Crippen LogP contribution in [0, 0.1) is 20.8 Å². The van der Waals surface area contributed by atoms with Crippen LogP contribution in [0.3, 0.4) is 0 Å². The Morgan fingerprint density at radius 3 is 2.11 bits per heavy atom. The van der Waals surface area contributed by atoms with Gasteiger partial charge in [0.2, 0.25) is 0 Å². The van der Waals surface area contributed by atoms with E-state index < -0.39 is 0 Å². The molecule has 0 bridgehead atoms. The summed E-state index contributed by atoms with van der Waals surface area (Å²) >= 11 is 6.24. The molecule has 1 saturated carbocycles. The third-order valence-electron chi connectivity index (χ3n) is 4.45. The SMILES string of the molecule is Cc1c(C)c(C2(N)CCCCC2)c(C)c(Cl)c1O. The minimum atomic E-state index is -0.269. The summed E-state index contributed by atoms with van der Waals surface area (Å²) in [6.45, 7) is 5.91. The topological polar surface area (TPSA) is 46.2 Å². The molecular formula is C15H22ClNO. The molecule has 1 aliphatic carbocycles. The van der Waals surface area contributed by atoms with Crippen molar-refractivity contribution in [2.45, 2.75) is 58.4 Å². The van der Waals surface area contributed by atoms with Crippen LogP contribution in [0.1, 0.15) is 54.4 Å². The third-order valence-corrected chi connectivity index (χ3v) is 4.91. The lowest BCUT2D eigenvalue weighted by Crippen LogP contribution is -2.40. The second-order valence-corrected chi connectivity index (χ2v) is 6.01. The Hall–Kier alpha value is -0.730. The van der Waals surface area contributed by atoms with E-state index in [1.54, 1.807) is 0 Å². The molecule has 1 aliphatic rings. The van der Waals surface area contributed by atoms with Gasteiger partial charge in [-0.25, -0.2) is 0 Å². The highest BCUT2D eigenvalue weighted by Crippen LogP contribution is 2.44. The van der Waals surface area contributed by atoms with Gasteiger partial charge < -0.3 is 10.8 Å². The maximum Gasteiger partial charge on any atom is 0.137 e. The summed E-state index contributed by atoms with van der Waals surface area (Å²) in [5.74, 6) is 0.204. The molecule has 3 heteroatoms. The molecule has 0 saturated heterocycles. The Bertz CT molecular complexity index is 447. The van der Waals surface area contributed by atoms with E-state index in [-0.39, 0.29) is 11.3 Å². The van der Waals surface area contributed by atoms with Crippen LogP contribution in [0.2, 0.25) is 5.02 Å². The number of hydrogen-bond acceptors (Lipinski definition) is 2. The van der Waals surface area contributed by atoms with Crippen LogP contribution in [-0.2, 0) is 5.54 Å². The predicted molar refractivity (Wildman–Crippen MR) is 76.3 cm³/mol. The lowest BCUT2D eigenvalue weighted by Gasteiger charge is -2.37. The molecule has 0 unspecified atom stereocenters. The molecule has 0 spiro atoms. The second kappa shape index (κ2) is 4.75. The molecule has 100 valence electrons. The molecule has 1 aromatic rings. The van der Waals surface area contributed by atoms with Crippen LogP contribution in [-0.4, -0.2) is 5.11 Å². The highest BCUT2D eigenvalue weighted by Gasteiger charge is 2.34. The fourth-order valence-electron chi connectivity index (χ4n) is 3.28. The Morgan fingerprint density at radius 2 is 1.56 bits per heavy atom. The molecule has 0 aromatic heterocycles. The summed E-state index contributed by atoms with van der Waals surface area (Å²) in [7, 11) is 0. The fraction of sp³-hybridized carbons (Fsp3) is 0.600. The number of nitrogens with two attached hydrogens (primary N) is 1. The first-order valence-corrected chi connectivity index (χ1v) is 7.04. The first-order chi connectivity index (χ1) is 8.38. The van der Waals surface area contributed by atoms with Crippen molar-refractivity contribution in [3.63, 3.8) is 0 Å². The maximum atomic E-state index is 10.0. The van der Waals surface area contributed by atoms with Gasteiger partial charge in [0.05, 0.1) is 5.02 Å². The number of aromatic hydroxyl groups is 1. The van der Waals surface area contributed by atoms with Gasteiger partial charge in [0.25, 0.3) is 0 Å². The van der Waals surface area contributed by atoms with Crippen molar-refractivity contribution < 1.29 is 5.11 Å². The Kier molecular flexibility index (Phi) is 3.61. The summed E-state index contributed by atoms with van der Waals surface area (Å²) in [5.41, 5.74) is 10.4. The van der Waals surface area contributed by atoms with Crippen molar-refractivity contribution in [3.8, 4) is 5.75 Å². The van der Waals surface area contributed by atoms with E-state index in [1.807, 2.05) is 20.8 Å². The summed E-state index contributed by atoms with van der Waals surface area (Å²) in [5, 5.41) is 10.5. The molecule has 18 heavy (non-hydrogen) atoms. The summed E-state index contributed by atoms with van der Waals surface area (Å²) in [6.07, 6.45) is 5.63. The number of phenols is 1. The van der Waals surface area contributed by atoms with E-state index in [0.29, 0.717) is 5.02 Å². The normalized spacial score (nSPS) is 18.9. The highest BCUT2D eigenvalue weighted by atomic mass is 35.5. The van der Waals surface area contributed by atoms with Crippen LogP contribution in [0.5, 0.6) is 5.75 Å². The van der Waals surface area contributed by atoms with Crippen LogP contribution in [0.25, 0.3) is 0 Å². The summed E-state index contributed by atoms with van der Waals surface area (Å²) < 4.78 is 0. The Labute approximate surface area is 114 Å². The van der Waals surface area contributed by atoms with Crippen molar-refractivity contribution in [2.75, 3.05) is 0 Å². The van der Waals surface area contributed by atoms with E-state index in [1.165, 1.54) is 19.3 Å². The lowest BCUT2D eigenvalue weighted by molar-refractivity contribution is 0.299. The van der Waals surface area contributed by atoms with Crippen molar-refractivity contribution in [3.05, 3.63) is 27.3 Å². The number of hydrogen-bond donors (Lipinski definition) is 2. The number of rotatable bonds is 1. The molecule has 2 nitrogen and oxygen atoms in total. The van der Waals surface area contributed by atoms with Gasteiger partial charge in [-0.1, -0.05) is 30.9 Å². The van der Waals surface area contributed by atoms with Gasteiger partial charge in [-0.3, -0.25) is 0 Å². The number of phenolic OH excluding ortho intramolecular Hbond substituents is 1. The molecule has 3 N–H and O–H groups in total. The molecule has 0 aliphatic heterocycles. The minimum Gasteiger partial charge on any atom is -0.506 e. The molecule has 0 atom stereocenters. The molecule has 0 heterocycles. The number of halogens is 1. The molecule has 0 radical (unpaired) electrons. The summed E-state index contributed by atoms with van der Waals surface area (Å²) in [6, 6.07) is 0. The maximum absolute atomic E-state index is 10.0. The van der Waals surface area contributed by atoms with Gasteiger partial charge in [0, 0.05) is 5.54 Å². The fourth-order valence-corrected chi connectivity index (χ4v) is 3.51. The first-order valence-electron chi connectivity index (χ1n) is 6.66. The van der Waals surface area contributed by atoms with Crippen molar-refractivity contribution in [1.82, 2.24) is 0 Å². The molecule has 1 fully saturated rings. The highest BCUT2D eigenvalue weighted by molar-refractivity contribution is 6.33. The second-order valence-electron chi connectivity index (χ2n) is 5.63. The summed E-state index contributed by atoms with van der Waals surface area (Å²) in [4.78, 5) is 0. The van der Waals surface area contributed by atoms with Gasteiger partial charge in [-0.2, -0.15) is 0 Å². The van der Waals surface area contributed by atoms with Gasteiger partial charge in [-0.15, -0.1) is 0 Å². The molecule has 2 rings (SSSR count). The zero-order valence-electron chi connectivity index (χ0n) is 11.4. The Balaban J connectivity index is 2.63. The standard InChI is InChI=1S/C15H22ClNO/c1-9-10(2)14(18)13(16)11(3)12(9)15(17)7-5-4-6-8-15/h18H,4-8,17H2,1-3H3. The van der Waals surface area contributed by atoms with Crippen molar-refractivity contribution in [1.29, 1.82) is 0 Å². The van der Waals surface area contributed by atoms with Crippen LogP contribution < -0.4 is 5.73 Å². The van der Waals surface area contributed by atoms with E-state index in [4.69, 9.17) is 17.3 Å². The average molecular weight is 268 g/mol. The third kappa shape index (κ3) is 2.02. The van der Waals surface area contributed by atoms with E-state index in [0.717, 1.165) is 35.1 Å². The van der Waals surface area contributed by atoms with E-state index in [9.17, 15) is 5.11 Å². The van der Waals surface area contributed by atoms with Crippen molar-refractivity contribution >= 4 is 11.6 Å². The molecule has 0 amide bonds. The van der Waals surface area contributed by atoms with E-state index in [2.05, 4.69) is 0 Å². The monoisotopic (exact) mass is 267 g/mol. The minimum absolute atomic E-state index is 0.204. The quantitative estimate of drug-likeness (QED) is 0.805. The van der Waals surface area contributed by atoms with Crippen LogP contribution in [0.4, 0.5) is 0 Å². The van der Waals surface area contributed by atoms with Gasteiger partial charge in [0.1, 0.15) is 5.75 Å². The zero-order chi connectivity index (χ0) is 13.5. The van der Waals surface area contributed by atoms with E-state index >= 15 is 0 Å². The lowest BCUT2D eigenvalue weighted by atomic mass is 9.73. The molecular weight excluding hydrogens is 246 g/mol. The Morgan fingerprint density at radius 1 is 1.00 bits per heavy atom. The first kappa shape index (κ1) is 13.7. The number of benzene rings is 1. The molecule has 1 aromatic carbocycles. The van der Waals surface area contributed by atoms with Crippen LogP contribution >= 0.6 is 11.6 Å².